The van der Waals surface area contributed by atoms with E-state index in [4.69, 9.17) is 4.74 Å². The van der Waals surface area contributed by atoms with Crippen LogP contribution in [0.4, 0.5) is 0 Å². The quantitative estimate of drug-likeness (QED) is 0.767. The highest BCUT2D eigenvalue weighted by Gasteiger charge is 2.12. The predicted molar refractivity (Wildman–Crippen MR) is 61.1 cm³/mol. The number of phenolic OH excluding ortho intramolecular Hbond substituents is 1. The number of hydrogen-bond acceptors (Lipinski definition) is 2. The molecule has 0 bridgehead atoms. The van der Waals surface area contributed by atoms with Gasteiger partial charge in [-0.15, -0.1) is 11.8 Å². The fraction of sp³-hybridized carbons (Fsp3) is 0.385. The molecule has 0 spiro atoms. The van der Waals surface area contributed by atoms with Crippen LogP contribution in [0, 0.1) is 11.8 Å². The number of hydrogen-bond donors (Lipinski definition) is 1. The monoisotopic (exact) mass is 204 g/mol. The molecule has 1 unspecified atom stereocenters. The lowest BCUT2D eigenvalue weighted by Crippen LogP contribution is -1.94. The van der Waals surface area contributed by atoms with Crippen LogP contribution >= 0.6 is 0 Å². The summed E-state index contributed by atoms with van der Waals surface area (Å²) in [5.74, 6) is 6.82. The second kappa shape index (κ2) is 5.31. The largest absolute Gasteiger partial charge is 0.504 e. The molecule has 80 valence electrons. The van der Waals surface area contributed by atoms with Gasteiger partial charge in [0.05, 0.1) is 7.11 Å². The van der Waals surface area contributed by atoms with Gasteiger partial charge in [-0.2, -0.15) is 0 Å². The Balaban J connectivity index is 2.96. The number of benzene rings is 1. The molecule has 0 radical (unpaired) electrons. The molecular weight excluding hydrogens is 188 g/mol. The van der Waals surface area contributed by atoms with Gasteiger partial charge in [0.2, 0.25) is 0 Å². The molecule has 0 heterocycles. The van der Waals surface area contributed by atoms with E-state index in [0.717, 1.165) is 12.0 Å². The average molecular weight is 204 g/mol. The molecule has 2 heteroatoms. The van der Waals surface area contributed by atoms with E-state index in [9.17, 15) is 5.11 Å². The first-order chi connectivity index (χ1) is 7.20. The number of para-hydroxylation sites is 1. The molecule has 0 aromatic heterocycles. The minimum atomic E-state index is 0.215. The Morgan fingerprint density at radius 2 is 2.20 bits per heavy atom. The van der Waals surface area contributed by atoms with E-state index in [0.29, 0.717) is 5.75 Å². The highest BCUT2D eigenvalue weighted by Crippen LogP contribution is 2.35. The number of rotatable bonds is 3. The normalized spacial score (nSPS) is 11.4. The Labute approximate surface area is 90.9 Å². The van der Waals surface area contributed by atoms with E-state index in [1.807, 2.05) is 26.0 Å². The van der Waals surface area contributed by atoms with Gasteiger partial charge in [-0.25, -0.2) is 0 Å². The van der Waals surface area contributed by atoms with Gasteiger partial charge in [-0.05, 0) is 18.9 Å². The van der Waals surface area contributed by atoms with Crippen LogP contribution in [-0.4, -0.2) is 12.2 Å². The van der Waals surface area contributed by atoms with E-state index in [2.05, 4.69) is 11.8 Å². The lowest BCUT2D eigenvalue weighted by molar-refractivity contribution is 0.369. The summed E-state index contributed by atoms with van der Waals surface area (Å²) in [7, 11) is 1.55. The number of ether oxygens (including phenoxy) is 1. The summed E-state index contributed by atoms with van der Waals surface area (Å²) < 4.78 is 5.05. The van der Waals surface area contributed by atoms with Crippen LogP contribution in [0.3, 0.4) is 0 Å². The van der Waals surface area contributed by atoms with Gasteiger partial charge in [0.1, 0.15) is 0 Å². The fourth-order valence-corrected chi connectivity index (χ4v) is 1.47. The molecule has 1 aromatic carbocycles. The van der Waals surface area contributed by atoms with Crippen molar-refractivity contribution in [2.45, 2.75) is 26.2 Å². The number of aromatic hydroxyl groups is 1. The lowest BCUT2D eigenvalue weighted by Gasteiger charge is -2.12. The standard InChI is InChI=1S/C13H16O2/c1-4-5-7-10(2)11-8-6-9-12(15-3)13(11)14/h6,8-10,14H,7H2,1-3H3. The van der Waals surface area contributed by atoms with Gasteiger partial charge < -0.3 is 9.84 Å². The molecule has 1 aromatic rings. The van der Waals surface area contributed by atoms with Crippen LogP contribution in [0.2, 0.25) is 0 Å². The van der Waals surface area contributed by atoms with Crippen molar-refractivity contribution in [2.24, 2.45) is 0 Å². The summed E-state index contributed by atoms with van der Waals surface area (Å²) in [6.45, 7) is 3.86. The van der Waals surface area contributed by atoms with Crippen molar-refractivity contribution < 1.29 is 9.84 Å². The first-order valence-corrected chi connectivity index (χ1v) is 4.96. The van der Waals surface area contributed by atoms with E-state index >= 15 is 0 Å². The van der Waals surface area contributed by atoms with Crippen molar-refractivity contribution in [3.05, 3.63) is 23.8 Å². The van der Waals surface area contributed by atoms with Gasteiger partial charge in [0.15, 0.2) is 11.5 Å². The molecule has 1 atom stereocenters. The lowest BCUT2D eigenvalue weighted by atomic mass is 9.97. The SMILES string of the molecule is CC#CCC(C)c1cccc(OC)c1O. The molecule has 0 aliphatic rings. The smallest absolute Gasteiger partial charge is 0.161 e. The summed E-state index contributed by atoms with van der Waals surface area (Å²) in [4.78, 5) is 0. The van der Waals surface area contributed by atoms with Crippen molar-refractivity contribution >= 4 is 0 Å². The summed E-state index contributed by atoms with van der Waals surface area (Å²) in [6, 6.07) is 5.53. The van der Waals surface area contributed by atoms with Gasteiger partial charge in [0.25, 0.3) is 0 Å². The van der Waals surface area contributed by atoms with Gasteiger partial charge in [-0.3, -0.25) is 0 Å². The molecule has 15 heavy (non-hydrogen) atoms. The molecule has 0 saturated heterocycles. The predicted octanol–water partition coefficient (Wildman–Crippen LogP) is 2.92. The molecule has 0 amide bonds. The average Bonchev–Trinajstić information content (AvgIpc) is 2.26. The number of phenols is 1. The molecule has 1 N–H and O–H groups in total. The van der Waals surface area contributed by atoms with Crippen molar-refractivity contribution in [3.8, 4) is 23.3 Å². The van der Waals surface area contributed by atoms with Crippen molar-refractivity contribution in [1.29, 1.82) is 0 Å². The summed E-state index contributed by atoms with van der Waals surface area (Å²) in [5, 5.41) is 9.89. The third kappa shape index (κ3) is 2.66. The molecule has 1 rings (SSSR count). The van der Waals surface area contributed by atoms with Crippen molar-refractivity contribution in [1.82, 2.24) is 0 Å². The Hall–Kier alpha value is -1.62. The van der Waals surface area contributed by atoms with Gasteiger partial charge in [0, 0.05) is 12.0 Å². The van der Waals surface area contributed by atoms with E-state index in [-0.39, 0.29) is 11.7 Å². The van der Waals surface area contributed by atoms with Gasteiger partial charge in [-0.1, -0.05) is 19.1 Å². The van der Waals surface area contributed by atoms with E-state index in [1.165, 1.54) is 0 Å². The zero-order valence-electron chi connectivity index (χ0n) is 9.37. The Kier molecular flexibility index (Phi) is 4.05. The third-order valence-corrected chi connectivity index (χ3v) is 2.37. The van der Waals surface area contributed by atoms with Gasteiger partial charge >= 0.3 is 0 Å². The Bertz CT molecular complexity index is 385. The summed E-state index contributed by atoms with van der Waals surface area (Å²) >= 11 is 0. The second-order valence-electron chi connectivity index (χ2n) is 3.43. The zero-order chi connectivity index (χ0) is 11.3. The van der Waals surface area contributed by atoms with E-state index < -0.39 is 0 Å². The molecule has 2 nitrogen and oxygen atoms in total. The highest BCUT2D eigenvalue weighted by molar-refractivity contribution is 5.47. The van der Waals surface area contributed by atoms with Crippen molar-refractivity contribution in [3.63, 3.8) is 0 Å². The van der Waals surface area contributed by atoms with Crippen LogP contribution in [-0.2, 0) is 0 Å². The van der Waals surface area contributed by atoms with Crippen LogP contribution in [0.15, 0.2) is 18.2 Å². The second-order valence-corrected chi connectivity index (χ2v) is 3.43. The number of methoxy groups -OCH3 is 1. The zero-order valence-corrected chi connectivity index (χ0v) is 9.37. The Morgan fingerprint density at radius 1 is 1.47 bits per heavy atom. The molecule has 0 fully saturated rings. The third-order valence-electron chi connectivity index (χ3n) is 2.37. The highest BCUT2D eigenvalue weighted by atomic mass is 16.5. The minimum Gasteiger partial charge on any atom is -0.504 e. The molecule has 0 aliphatic heterocycles. The maximum absolute atomic E-state index is 9.89. The molecule has 0 saturated carbocycles. The van der Waals surface area contributed by atoms with Crippen LogP contribution in [0.1, 0.15) is 31.7 Å². The topological polar surface area (TPSA) is 29.5 Å². The van der Waals surface area contributed by atoms with Crippen LogP contribution < -0.4 is 4.74 Å². The minimum absolute atomic E-state index is 0.215. The molecule has 0 aliphatic carbocycles. The maximum atomic E-state index is 9.89. The summed E-state index contributed by atoms with van der Waals surface area (Å²) in [5.41, 5.74) is 0.886. The van der Waals surface area contributed by atoms with Crippen LogP contribution in [0.25, 0.3) is 0 Å². The maximum Gasteiger partial charge on any atom is 0.161 e. The van der Waals surface area contributed by atoms with Crippen LogP contribution in [0.5, 0.6) is 11.5 Å². The fourth-order valence-electron chi connectivity index (χ4n) is 1.47. The first kappa shape index (κ1) is 11.5. The Morgan fingerprint density at radius 3 is 2.80 bits per heavy atom. The molecular formula is C13H16O2. The van der Waals surface area contributed by atoms with E-state index in [1.54, 1.807) is 13.2 Å². The first-order valence-electron chi connectivity index (χ1n) is 4.96. The summed E-state index contributed by atoms with van der Waals surface area (Å²) in [6.07, 6.45) is 0.747. The van der Waals surface area contributed by atoms with Crippen molar-refractivity contribution in [2.75, 3.05) is 7.11 Å².